The van der Waals surface area contributed by atoms with E-state index in [4.69, 9.17) is 0 Å². The van der Waals surface area contributed by atoms with E-state index in [-0.39, 0.29) is 0 Å². The molecule has 38 heavy (non-hydrogen) atoms. The molecule has 0 heterocycles. The van der Waals surface area contributed by atoms with E-state index >= 15 is 0 Å². The van der Waals surface area contributed by atoms with Gasteiger partial charge in [-0.2, -0.15) is 0 Å². The fourth-order valence-corrected chi connectivity index (χ4v) is 5.03. The number of rotatable bonds is 24. The number of hydrogen-bond donors (Lipinski definition) is 2. The maximum atomic E-state index is 3.80. The van der Waals surface area contributed by atoms with Crippen LogP contribution in [-0.4, -0.2) is 13.1 Å². The van der Waals surface area contributed by atoms with Crippen molar-refractivity contribution >= 4 is 11.4 Å². The average molecular weight is 517 g/mol. The Bertz CT molecular complexity index is 765. The predicted molar refractivity (Wildman–Crippen MR) is 172 cm³/mol. The smallest absolute Gasteiger partial charge is 0.0340 e. The van der Waals surface area contributed by atoms with Crippen molar-refractivity contribution in [1.82, 2.24) is 0 Å². The molecule has 0 bridgehead atoms. The van der Waals surface area contributed by atoms with Crippen LogP contribution in [0.5, 0.6) is 0 Å². The van der Waals surface area contributed by atoms with Crippen molar-refractivity contribution < 1.29 is 0 Å². The summed E-state index contributed by atoms with van der Waals surface area (Å²) in [5.41, 5.74) is 5.21. The lowest BCUT2D eigenvalue weighted by atomic mass is 9.93. The molecule has 0 aliphatic rings. The molecule has 0 saturated heterocycles. The van der Waals surface area contributed by atoms with Gasteiger partial charge in [0.25, 0.3) is 0 Å². The SMILES string of the molecule is C=CCCCCCCCCCNc1ccc(C(C)c2ccc(NCCCCCCCCCC=C)cc2)cc1. The van der Waals surface area contributed by atoms with Gasteiger partial charge in [0, 0.05) is 30.4 Å². The molecule has 2 nitrogen and oxygen atoms in total. The van der Waals surface area contributed by atoms with Crippen LogP contribution < -0.4 is 10.6 Å². The highest BCUT2D eigenvalue weighted by Crippen LogP contribution is 2.26. The molecule has 210 valence electrons. The highest BCUT2D eigenvalue weighted by Gasteiger charge is 2.08. The van der Waals surface area contributed by atoms with Gasteiger partial charge < -0.3 is 10.6 Å². The van der Waals surface area contributed by atoms with Gasteiger partial charge in [0.1, 0.15) is 0 Å². The zero-order chi connectivity index (χ0) is 27.1. The van der Waals surface area contributed by atoms with Gasteiger partial charge in [0.2, 0.25) is 0 Å². The van der Waals surface area contributed by atoms with Crippen molar-refractivity contribution in [2.24, 2.45) is 0 Å². The summed E-state index contributed by atoms with van der Waals surface area (Å²) in [4.78, 5) is 0. The zero-order valence-corrected chi connectivity index (χ0v) is 24.5. The summed E-state index contributed by atoms with van der Waals surface area (Å²) in [6.45, 7) is 12.0. The summed E-state index contributed by atoms with van der Waals surface area (Å²) in [6, 6.07) is 18.1. The first-order valence-electron chi connectivity index (χ1n) is 15.6. The molecule has 2 rings (SSSR count). The van der Waals surface area contributed by atoms with E-state index in [1.807, 2.05) is 12.2 Å². The fraction of sp³-hybridized carbons (Fsp3) is 0.556. The predicted octanol–water partition coefficient (Wildman–Crippen LogP) is 11.3. The Hall–Kier alpha value is -2.48. The van der Waals surface area contributed by atoms with Gasteiger partial charge in [-0.25, -0.2) is 0 Å². The lowest BCUT2D eigenvalue weighted by Gasteiger charge is -2.15. The molecule has 0 aliphatic carbocycles. The summed E-state index contributed by atoms with van der Waals surface area (Å²) < 4.78 is 0. The lowest BCUT2D eigenvalue weighted by Crippen LogP contribution is -2.03. The topological polar surface area (TPSA) is 24.1 Å². The minimum Gasteiger partial charge on any atom is -0.385 e. The van der Waals surface area contributed by atoms with Crippen molar-refractivity contribution in [2.45, 2.75) is 116 Å². The molecule has 2 heteroatoms. The minimum absolute atomic E-state index is 0.399. The van der Waals surface area contributed by atoms with Gasteiger partial charge in [-0.1, -0.05) is 108 Å². The van der Waals surface area contributed by atoms with Crippen molar-refractivity contribution in [3.63, 3.8) is 0 Å². The highest BCUT2D eigenvalue weighted by atomic mass is 14.9. The Morgan fingerprint density at radius 1 is 0.500 bits per heavy atom. The second-order valence-corrected chi connectivity index (χ2v) is 10.9. The quantitative estimate of drug-likeness (QED) is 0.107. The maximum absolute atomic E-state index is 3.80. The van der Waals surface area contributed by atoms with E-state index in [0.29, 0.717) is 5.92 Å². The summed E-state index contributed by atoms with van der Waals surface area (Å²) in [5, 5.41) is 7.20. The number of allylic oxidation sites excluding steroid dienone is 2. The van der Waals surface area contributed by atoms with Gasteiger partial charge in [-0.15, -0.1) is 13.2 Å². The molecular formula is C36H56N2. The molecule has 0 unspecified atom stereocenters. The molecule has 0 aliphatic heterocycles. The molecule has 2 aromatic carbocycles. The van der Waals surface area contributed by atoms with Crippen molar-refractivity contribution in [3.8, 4) is 0 Å². The molecule has 0 radical (unpaired) electrons. The summed E-state index contributed by atoms with van der Waals surface area (Å²) in [5.74, 6) is 0.399. The summed E-state index contributed by atoms with van der Waals surface area (Å²) in [6.07, 6.45) is 25.1. The van der Waals surface area contributed by atoms with Crippen LogP contribution in [0, 0.1) is 0 Å². The van der Waals surface area contributed by atoms with Crippen LogP contribution in [0.2, 0.25) is 0 Å². The monoisotopic (exact) mass is 516 g/mol. The summed E-state index contributed by atoms with van der Waals surface area (Å²) >= 11 is 0. The number of unbranched alkanes of at least 4 members (excludes halogenated alkanes) is 14. The number of anilines is 2. The third kappa shape index (κ3) is 14.5. The number of hydrogen-bond acceptors (Lipinski definition) is 2. The van der Waals surface area contributed by atoms with Gasteiger partial charge in [0.15, 0.2) is 0 Å². The Morgan fingerprint density at radius 2 is 0.816 bits per heavy atom. The molecule has 0 amide bonds. The van der Waals surface area contributed by atoms with Crippen LogP contribution in [0.4, 0.5) is 11.4 Å². The maximum Gasteiger partial charge on any atom is 0.0340 e. The normalized spacial score (nSPS) is 11.0. The van der Waals surface area contributed by atoms with Crippen molar-refractivity contribution in [3.05, 3.63) is 85.0 Å². The third-order valence-electron chi connectivity index (χ3n) is 7.65. The molecule has 2 aromatic rings. The molecule has 0 fully saturated rings. The van der Waals surface area contributed by atoms with Crippen LogP contribution in [0.3, 0.4) is 0 Å². The molecule has 2 N–H and O–H groups in total. The largest absolute Gasteiger partial charge is 0.385 e. The van der Waals surface area contributed by atoms with E-state index < -0.39 is 0 Å². The van der Waals surface area contributed by atoms with Crippen molar-refractivity contribution in [2.75, 3.05) is 23.7 Å². The molecule has 0 saturated carbocycles. The lowest BCUT2D eigenvalue weighted by molar-refractivity contribution is 0.587. The van der Waals surface area contributed by atoms with Gasteiger partial charge in [-0.05, 0) is 73.9 Å². The van der Waals surface area contributed by atoms with Crippen LogP contribution in [0.25, 0.3) is 0 Å². The van der Waals surface area contributed by atoms with E-state index in [1.165, 1.54) is 125 Å². The first kappa shape index (κ1) is 31.7. The highest BCUT2D eigenvalue weighted by molar-refractivity contribution is 5.49. The zero-order valence-electron chi connectivity index (χ0n) is 24.5. The molecule has 0 atom stereocenters. The minimum atomic E-state index is 0.399. The van der Waals surface area contributed by atoms with E-state index in [0.717, 1.165) is 13.1 Å². The van der Waals surface area contributed by atoms with Crippen molar-refractivity contribution in [1.29, 1.82) is 0 Å². The number of benzene rings is 2. The molecular weight excluding hydrogens is 460 g/mol. The second kappa shape index (κ2) is 21.5. The first-order valence-corrected chi connectivity index (χ1v) is 15.6. The van der Waals surface area contributed by atoms with Crippen LogP contribution in [-0.2, 0) is 0 Å². The van der Waals surface area contributed by atoms with E-state index in [2.05, 4.69) is 79.2 Å². The fourth-order valence-electron chi connectivity index (χ4n) is 5.03. The Kier molecular flexibility index (Phi) is 17.9. The average Bonchev–Trinajstić information content (AvgIpc) is 2.95. The van der Waals surface area contributed by atoms with E-state index in [9.17, 15) is 0 Å². The van der Waals surface area contributed by atoms with Gasteiger partial charge >= 0.3 is 0 Å². The summed E-state index contributed by atoms with van der Waals surface area (Å²) in [7, 11) is 0. The van der Waals surface area contributed by atoms with Crippen LogP contribution in [0.15, 0.2) is 73.8 Å². The first-order chi connectivity index (χ1) is 18.7. The second-order valence-electron chi connectivity index (χ2n) is 10.9. The standard InChI is InChI=1S/C36H56N2/c1-4-6-8-10-12-14-16-18-20-30-37-35-26-22-33(23-27-35)32(3)34-24-28-36(29-25-34)38-31-21-19-17-15-13-11-9-7-5-2/h4-5,22-29,32,37-38H,1-2,6-21,30-31H2,3H3. The Balaban J connectivity index is 1.57. The Labute approximate surface area is 235 Å². The Morgan fingerprint density at radius 3 is 1.16 bits per heavy atom. The van der Waals surface area contributed by atoms with E-state index in [1.54, 1.807) is 0 Å². The third-order valence-corrected chi connectivity index (χ3v) is 7.65. The molecule has 0 spiro atoms. The molecule has 0 aromatic heterocycles. The number of nitrogens with one attached hydrogen (secondary N) is 2. The van der Waals surface area contributed by atoms with Crippen LogP contribution in [0.1, 0.15) is 127 Å². The van der Waals surface area contributed by atoms with Crippen LogP contribution >= 0.6 is 0 Å². The van der Waals surface area contributed by atoms with Gasteiger partial charge in [0.05, 0.1) is 0 Å². The van der Waals surface area contributed by atoms with Gasteiger partial charge in [-0.3, -0.25) is 0 Å².